The molecule has 156 valence electrons. The fraction of sp³-hybridized carbons (Fsp3) is 0.375. The molecule has 0 bridgehead atoms. The van der Waals surface area contributed by atoms with Crippen LogP contribution in [-0.2, 0) is 0 Å². The van der Waals surface area contributed by atoms with Gasteiger partial charge in [0.1, 0.15) is 0 Å². The predicted molar refractivity (Wildman–Crippen MR) is 119 cm³/mol. The van der Waals surface area contributed by atoms with Gasteiger partial charge in [-0.1, -0.05) is 30.3 Å². The van der Waals surface area contributed by atoms with Gasteiger partial charge in [-0.05, 0) is 38.5 Å². The van der Waals surface area contributed by atoms with Crippen molar-refractivity contribution in [2.45, 2.75) is 26.8 Å². The van der Waals surface area contributed by atoms with Gasteiger partial charge in [0.25, 0.3) is 0 Å². The van der Waals surface area contributed by atoms with Gasteiger partial charge in [-0.3, -0.25) is 9.69 Å². The van der Waals surface area contributed by atoms with Crippen molar-refractivity contribution in [3.8, 4) is 0 Å². The number of hydrogen-bond acceptors (Lipinski definition) is 5. The van der Waals surface area contributed by atoms with Gasteiger partial charge < -0.3 is 9.47 Å². The molecule has 0 saturated carbocycles. The summed E-state index contributed by atoms with van der Waals surface area (Å²) >= 11 is 0. The highest BCUT2D eigenvalue weighted by atomic mass is 16.1. The molecule has 4 rings (SSSR count). The van der Waals surface area contributed by atoms with E-state index in [4.69, 9.17) is 0 Å². The van der Waals surface area contributed by atoms with Gasteiger partial charge in [-0.25, -0.2) is 9.97 Å². The number of carbonyl (C=O) groups excluding carboxylic acids is 1. The molecule has 3 heterocycles. The topological polar surface area (TPSA) is 54.3 Å². The lowest BCUT2D eigenvalue weighted by Crippen LogP contribution is -2.48. The molecule has 1 aliphatic heterocycles. The fourth-order valence-corrected chi connectivity index (χ4v) is 4.38. The van der Waals surface area contributed by atoms with E-state index < -0.39 is 0 Å². The van der Waals surface area contributed by atoms with Crippen LogP contribution in [0.15, 0.2) is 54.9 Å². The zero-order valence-electron chi connectivity index (χ0n) is 18.0. The van der Waals surface area contributed by atoms with E-state index in [1.807, 2.05) is 18.2 Å². The zero-order chi connectivity index (χ0) is 21.1. The molecule has 1 aromatic carbocycles. The molecule has 2 aromatic heterocycles. The molecule has 1 saturated heterocycles. The molecule has 0 amide bonds. The third-order valence-corrected chi connectivity index (χ3v) is 6.03. The van der Waals surface area contributed by atoms with Crippen LogP contribution in [0.2, 0.25) is 0 Å². The van der Waals surface area contributed by atoms with Gasteiger partial charge in [0, 0.05) is 55.5 Å². The normalized spacial score (nSPS) is 15.9. The molecule has 1 atom stereocenters. The third-order valence-electron chi connectivity index (χ3n) is 6.03. The van der Waals surface area contributed by atoms with Crippen molar-refractivity contribution in [2.24, 2.45) is 0 Å². The van der Waals surface area contributed by atoms with Crippen molar-refractivity contribution >= 4 is 11.7 Å². The Morgan fingerprint density at radius 3 is 2.33 bits per heavy atom. The van der Waals surface area contributed by atoms with Crippen molar-refractivity contribution < 1.29 is 4.79 Å². The van der Waals surface area contributed by atoms with Crippen LogP contribution in [0.1, 0.15) is 40.3 Å². The summed E-state index contributed by atoms with van der Waals surface area (Å²) in [4.78, 5) is 26.2. The van der Waals surface area contributed by atoms with Crippen LogP contribution >= 0.6 is 0 Å². The number of anilines is 1. The summed E-state index contributed by atoms with van der Waals surface area (Å²) in [5.74, 6) is 0.959. The van der Waals surface area contributed by atoms with E-state index in [1.165, 1.54) is 5.56 Å². The highest BCUT2D eigenvalue weighted by Crippen LogP contribution is 2.26. The summed E-state index contributed by atoms with van der Waals surface area (Å²) in [6.07, 6.45) is 3.54. The number of carbonyl (C=O) groups is 1. The summed E-state index contributed by atoms with van der Waals surface area (Å²) in [6.45, 7) is 10.1. The average Bonchev–Trinajstić information content (AvgIpc) is 3.09. The lowest BCUT2D eigenvalue weighted by atomic mass is 10.1. The smallest absolute Gasteiger partial charge is 0.225 e. The van der Waals surface area contributed by atoms with Gasteiger partial charge >= 0.3 is 0 Å². The fourth-order valence-electron chi connectivity index (χ4n) is 4.38. The summed E-state index contributed by atoms with van der Waals surface area (Å²) in [7, 11) is 0. The SMILES string of the molecule is Cc1cc(C(=O)CN2CCN(c3ncccn3)CC2)c(C)n1[C@H](C)c1ccccc1. The first kappa shape index (κ1) is 20.3. The molecule has 0 unspecified atom stereocenters. The number of hydrogen-bond donors (Lipinski definition) is 0. The van der Waals surface area contributed by atoms with Crippen molar-refractivity contribution in [2.75, 3.05) is 37.6 Å². The van der Waals surface area contributed by atoms with E-state index >= 15 is 0 Å². The molecular weight excluding hydrogens is 374 g/mol. The molecule has 0 spiro atoms. The Labute approximate surface area is 178 Å². The molecule has 0 N–H and O–H groups in total. The molecule has 6 nitrogen and oxygen atoms in total. The van der Waals surface area contributed by atoms with Gasteiger partial charge in [-0.15, -0.1) is 0 Å². The van der Waals surface area contributed by atoms with Gasteiger partial charge in [-0.2, -0.15) is 0 Å². The maximum atomic E-state index is 13.1. The second-order valence-corrected chi connectivity index (χ2v) is 7.98. The maximum absolute atomic E-state index is 13.1. The summed E-state index contributed by atoms with van der Waals surface area (Å²) in [6, 6.07) is 14.5. The molecule has 1 aliphatic rings. The maximum Gasteiger partial charge on any atom is 0.225 e. The van der Waals surface area contributed by atoms with Crippen LogP contribution in [0, 0.1) is 13.8 Å². The Morgan fingerprint density at radius 1 is 1.00 bits per heavy atom. The summed E-state index contributed by atoms with van der Waals surface area (Å²) in [5.41, 5.74) is 4.25. The van der Waals surface area contributed by atoms with Gasteiger partial charge in [0.05, 0.1) is 12.6 Å². The van der Waals surface area contributed by atoms with E-state index in [1.54, 1.807) is 12.4 Å². The first-order chi connectivity index (χ1) is 14.5. The zero-order valence-corrected chi connectivity index (χ0v) is 18.0. The Hall–Kier alpha value is -2.99. The number of rotatable bonds is 6. The minimum atomic E-state index is 0.194. The first-order valence-electron chi connectivity index (χ1n) is 10.6. The molecule has 3 aromatic rings. The minimum absolute atomic E-state index is 0.194. The van der Waals surface area contributed by atoms with Crippen molar-refractivity contribution in [1.82, 2.24) is 19.4 Å². The highest BCUT2D eigenvalue weighted by molar-refractivity contribution is 5.99. The van der Waals surface area contributed by atoms with Gasteiger partial charge in [0.15, 0.2) is 5.78 Å². The lowest BCUT2D eigenvalue weighted by molar-refractivity contribution is 0.0925. The number of Topliss-reactive ketones (excluding diaryl/α,β-unsaturated/α-hetero) is 1. The number of piperazine rings is 1. The quantitative estimate of drug-likeness (QED) is 0.590. The minimum Gasteiger partial charge on any atom is -0.341 e. The number of nitrogens with zero attached hydrogens (tertiary/aromatic N) is 5. The van der Waals surface area contributed by atoms with Crippen molar-refractivity contribution in [1.29, 1.82) is 0 Å². The van der Waals surface area contributed by atoms with Crippen LogP contribution in [-0.4, -0.2) is 57.9 Å². The van der Waals surface area contributed by atoms with Crippen LogP contribution < -0.4 is 4.90 Å². The van der Waals surface area contributed by atoms with E-state index in [0.29, 0.717) is 6.54 Å². The molecule has 6 heteroatoms. The van der Waals surface area contributed by atoms with E-state index in [0.717, 1.165) is 49.1 Å². The first-order valence-corrected chi connectivity index (χ1v) is 10.6. The molecule has 0 aliphatic carbocycles. The standard InChI is InChI=1S/C24H29N5O/c1-18-16-22(20(3)29(18)19(2)21-8-5-4-6-9-21)23(30)17-27-12-14-28(15-13-27)24-25-10-7-11-26-24/h4-11,16,19H,12-15,17H2,1-3H3/t19-/m1/s1. The van der Waals surface area contributed by atoms with Crippen LogP contribution in [0.4, 0.5) is 5.95 Å². The average molecular weight is 404 g/mol. The summed E-state index contributed by atoms with van der Waals surface area (Å²) in [5, 5.41) is 0. The Morgan fingerprint density at radius 2 is 1.67 bits per heavy atom. The molecular formula is C24H29N5O. The predicted octanol–water partition coefficient (Wildman–Crippen LogP) is 3.51. The Bertz CT molecular complexity index is 991. The van der Waals surface area contributed by atoms with Crippen molar-refractivity contribution in [3.05, 3.63) is 77.4 Å². The summed E-state index contributed by atoms with van der Waals surface area (Å²) < 4.78 is 2.27. The van der Waals surface area contributed by atoms with Crippen LogP contribution in [0.25, 0.3) is 0 Å². The van der Waals surface area contributed by atoms with Gasteiger partial charge in [0.2, 0.25) is 5.95 Å². The lowest BCUT2D eigenvalue weighted by Gasteiger charge is -2.34. The largest absolute Gasteiger partial charge is 0.341 e. The van der Waals surface area contributed by atoms with Crippen molar-refractivity contribution in [3.63, 3.8) is 0 Å². The van der Waals surface area contributed by atoms with Crippen LogP contribution in [0.5, 0.6) is 0 Å². The molecule has 1 fully saturated rings. The Kier molecular flexibility index (Phi) is 5.95. The number of benzene rings is 1. The van der Waals surface area contributed by atoms with Crippen LogP contribution in [0.3, 0.4) is 0 Å². The number of aromatic nitrogens is 3. The van der Waals surface area contributed by atoms with E-state index in [9.17, 15) is 4.79 Å². The van der Waals surface area contributed by atoms with E-state index in [2.05, 4.69) is 69.4 Å². The third kappa shape index (κ3) is 4.14. The molecule has 30 heavy (non-hydrogen) atoms. The second kappa shape index (κ2) is 8.79. The van der Waals surface area contributed by atoms with E-state index in [-0.39, 0.29) is 11.8 Å². The monoisotopic (exact) mass is 403 g/mol. The highest BCUT2D eigenvalue weighted by Gasteiger charge is 2.24. The Balaban J connectivity index is 1.42. The molecule has 0 radical (unpaired) electrons. The number of ketones is 1. The second-order valence-electron chi connectivity index (χ2n) is 7.98. The number of aryl methyl sites for hydroxylation is 1.